The van der Waals surface area contributed by atoms with E-state index in [2.05, 4.69) is 15.3 Å². The van der Waals surface area contributed by atoms with Gasteiger partial charge < -0.3 is 5.32 Å². The van der Waals surface area contributed by atoms with Crippen molar-refractivity contribution in [3.8, 4) is 0 Å². The van der Waals surface area contributed by atoms with Gasteiger partial charge in [-0.05, 0) is 38.2 Å². The molecule has 0 aliphatic rings. The molecule has 1 heterocycles. The largest absolute Gasteiger partial charge is 0.308 e. The van der Waals surface area contributed by atoms with Gasteiger partial charge in [0.05, 0.1) is 11.7 Å². The van der Waals surface area contributed by atoms with Gasteiger partial charge in [0.15, 0.2) is 0 Å². The normalized spacial score (nSPS) is 12.4. The molecule has 0 saturated carbocycles. The Hall–Kier alpha value is -1.88. The van der Waals surface area contributed by atoms with Gasteiger partial charge >= 0.3 is 0 Å². The summed E-state index contributed by atoms with van der Waals surface area (Å²) in [6, 6.07) is 4.56. The van der Waals surface area contributed by atoms with Gasteiger partial charge in [-0.3, -0.25) is 0 Å². The first kappa shape index (κ1) is 12.6. The van der Waals surface area contributed by atoms with E-state index in [0.717, 1.165) is 12.1 Å². The summed E-state index contributed by atoms with van der Waals surface area (Å²) in [5.74, 6) is -0.353. The standard InChI is InChI=1S/C13H13F2N3/c1-8-17-6-5-12(18-8)13(16-2)10-7-9(14)3-4-11(10)15/h3-7,13,16H,1-2H3. The summed E-state index contributed by atoms with van der Waals surface area (Å²) in [5, 5.41) is 2.93. The van der Waals surface area contributed by atoms with Crippen molar-refractivity contribution in [2.24, 2.45) is 0 Å². The number of nitrogens with zero attached hydrogens (tertiary/aromatic N) is 2. The summed E-state index contributed by atoms with van der Waals surface area (Å²) in [6.45, 7) is 1.75. The van der Waals surface area contributed by atoms with E-state index in [-0.39, 0.29) is 5.56 Å². The van der Waals surface area contributed by atoms with Gasteiger partial charge in [-0.15, -0.1) is 0 Å². The average Bonchev–Trinajstić information content (AvgIpc) is 2.35. The highest BCUT2D eigenvalue weighted by Crippen LogP contribution is 2.23. The zero-order valence-corrected chi connectivity index (χ0v) is 10.1. The van der Waals surface area contributed by atoms with Crippen LogP contribution in [0.5, 0.6) is 0 Å². The lowest BCUT2D eigenvalue weighted by molar-refractivity contribution is 0.552. The fourth-order valence-corrected chi connectivity index (χ4v) is 1.83. The highest BCUT2D eigenvalue weighted by molar-refractivity contribution is 5.29. The lowest BCUT2D eigenvalue weighted by Gasteiger charge is -2.17. The van der Waals surface area contributed by atoms with E-state index in [1.54, 1.807) is 26.2 Å². The Morgan fingerprint density at radius 2 is 2.00 bits per heavy atom. The molecule has 1 N–H and O–H groups in total. The van der Waals surface area contributed by atoms with Crippen LogP contribution < -0.4 is 5.32 Å². The van der Waals surface area contributed by atoms with Crippen LogP contribution in [0.2, 0.25) is 0 Å². The summed E-state index contributed by atoms with van der Waals surface area (Å²) >= 11 is 0. The molecule has 1 unspecified atom stereocenters. The number of rotatable bonds is 3. The Labute approximate surface area is 104 Å². The van der Waals surface area contributed by atoms with Crippen molar-refractivity contribution in [3.05, 3.63) is 59.2 Å². The summed E-state index contributed by atoms with van der Waals surface area (Å²) < 4.78 is 27.0. The minimum absolute atomic E-state index is 0.232. The first-order chi connectivity index (χ1) is 8.61. The average molecular weight is 249 g/mol. The van der Waals surface area contributed by atoms with Crippen molar-refractivity contribution in [2.75, 3.05) is 7.05 Å². The van der Waals surface area contributed by atoms with Crippen LogP contribution in [0.3, 0.4) is 0 Å². The Morgan fingerprint density at radius 1 is 1.22 bits per heavy atom. The van der Waals surface area contributed by atoms with Gasteiger partial charge in [-0.2, -0.15) is 0 Å². The van der Waals surface area contributed by atoms with E-state index in [9.17, 15) is 8.78 Å². The molecular weight excluding hydrogens is 236 g/mol. The van der Waals surface area contributed by atoms with E-state index in [1.165, 1.54) is 6.07 Å². The Bertz CT molecular complexity index is 558. The molecule has 0 spiro atoms. The van der Waals surface area contributed by atoms with Crippen molar-refractivity contribution in [1.82, 2.24) is 15.3 Å². The molecule has 0 bridgehead atoms. The zero-order chi connectivity index (χ0) is 13.1. The molecule has 0 fully saturated rings. The highest BCUT2D eigenvalue weighted by atomic mass is 19.1. The first-order valence-electron chi connectivity index (χ1n) is 5.53. The van der Waals surface area contributed by atoms with Gasteiger partial charge in [-0.1, -0.05) is 0 Å². The minimum Gasteiger partial charge on any atom is -0.308 e. The molecule has 0 aliphatic carbocycles. The monoisotopic (exact) mass is 249 g/mol. The number of benzene rings is 1. The van der Waals surface area contributed by atoms with Gasteiger partial charge in [0.1, 0.15) is 17.5 Å². The predicted molar refractivity (Wildman–Crippen MR) is 64.0 cm³/mol. The fourth-order valence-electron chi connectivity index (χ4n) is 1.83. The van der Waals surface area contributed by atoms with E-state index >= 15 is 0 Å². The Kier molecular flexibility index (Phi) is 3.62. The molecule has 1 aromatic carbocycles. The van der Waals surface area contributed by atoms with Crippen molar-refractivity contribution in [3.63, 3.8) is 0 Å². The van der Waals surface area contributed by atoms with Crippen LogP contribution >= 0.6 is 0 Å². The molecular formula is C13H13F2N3. The van der Waals surface area contributed by atoms with Crippen molar-refractivity contribution in [2.45, 2.75) is 13.0 Å². The van der Waals surface area contributed by atoms with Gasteiger partial charge in [0, 0.05) is 11.8 Å². The molecule has 0 radical (unpaired) electrons. The second kappa shape index (κ2) is 5.18. The molecule has 2 aromatic rings. The van der Waals surface area contributed by atoms with Crippen LogP contribution in [0.1, 0.15) is 23.1 Å². The molecule has 94 valence electrons. The summed E-state index contributed by atoms with van der Waals surface area (Å²) in [5.41, 5.74) is 0.838. The van der Waals surface area contributed by atoms with Crippen LogP contribution in [-0.2, 0) is 0 Å². The van der Waals surface area contributed by atoms with E-state index in [4.69, 9.17) is 0 Å². The SMILES string of the molecule is CNC(c1ccnc(C)n1)c1cc(F)ccc1F. The molecule has 0 saturated heterocycles. The molecule has 0 aliphatic heterocycles. The topological polar surface area (TPSA) is 37.8 Å². The van der Waals surface area contributed by atoms with Gasteiger partial charge in [0.2, 0.25) is 0 Å². The molecule has 5 heteroatoms. The molecule has 1 atom stereocenters. The van der Waals surface area contributed by atoms with Gasteiger partial charge in [0.25, 0.3) is 0 Å². The van der Waals surface area contributed by atoms with Crippen molar-refractivity contribution >= 4 is 0 Å². The number of nitrogens with one attached hydrogen (secondary N) is 1. The summed E-state index contributed by atoms with van der Waals surface area (Å²) in [4.78, 5) is 8.21. The second-order valence-corrected chi connectivity index (χ2v) is 3.92. The third kappa shape index (κ3) is 2.51. The molecule has 2 rings (SSSR count). The van der Waals surface area contributed by atoms with Crippen LogP contribution in [0.25, 0.3) is 0 Å². The van der Waals surface area contributed by atoms with Crippen LogP contribution in [0.4, 0.5) is 8.78 Å². The van der Waals surface area contributed by atoms with Crippen LogP contribution in [-0.4, -0.2) is 17.0 Å². The van der Waals surface area contributed by atoms with E-state index in [1.807, 2.05) is 0 Å². The number of hydrogen-bond donors (Lipinski definition) is 1. The maximum absolute atomic E-state index is 13.7. The third-order valence-corrected chi connectivity index (χ3v) is 2.65. The number of hydrogen-bond acceptors (Lipinski definition) is 3. The maximum Gasteiger partial charge on any atom is 0.128 e. The third-order valence-electron chi connectivity index (χ3n) is 2.65. The maximum atomic E-state index is 13.7. The molecule has 3 nitrogen and oxygen atoms in total. The molecule has 0 amide bonds. The summed E-state index contributed by atoms with van der Waals surface area (Å²) in [6.07, 6.45) is 1.60. The van der Waals surface area contributed by atoms with Gasteiger partial charge in [-0.25, -0.2) is 18.7 Å². The molecule has 18 heavy (non-hydrogen) atoms. The van der Waals surface area contributed by atoms with Crippen molar-refractivity contribution < 1.29 is 8.78 Å². The van der Waals surface area contributed by atoms with E-state index < -0.39 is 17.7 Å². The zero-order valence-electron chi connectivity index (χ0n) is 10.1. The number of halogens is 2. The lowest BCUT2D eigenvalue weighted by atomic mass is 10.0. The van der Waals surface area contributed by atoms with Crippen molar-refractivity contribution in [1.29, 1.82) is 0 Å². The van der Waals surface area contributed by atoms with E-state index in [0.29, 0.717) is 11.5 Å². The summed E-state index contributed by atoms with van der Waals surface area (Å²) in [7, 11) is 1.67. The number of aromatic nitrogens is 2. The second-order valence-electron chi connectivity index (χ2n) is 3.92. The Morgan fingerprint density at radius 3 is 2.67 bits per heavy atom. The van der Waals surface area contributed by atoms with Crippen LogP contribution in [0, 0.1) is 18.6 Å². The lowest BCUT2D eigenvalue weighted by Crippen LogP contribution is -2.20. The Balaban J connectivity index is 2.48. The smallest absolute Gasteiger partial charge is 0.128 e. The fraction of sp³-hybridized carbons (Fsp3) is 0.231. The predicted octanol–water partition coefficient (Wildman–Crippen LogP) is 2.37. The first-order valence-corrected chi connectivity index (χ1v) is 5.53. The quantitative estimate of drug-likeness (QED) is 0.907. The highest BCUT2D eigenvalue weighted by Gasteiger charge is 2.18. The minimum atomic E-state index is -0.498. The number of aryl methyl sites for hydroxylation is 1. The van der Waals surface area contributed by atoms with Crippen LogP contribution in [0.15, 0.2) is 30.5 Å². The molecule has 1 aromatic heterocycles.